The lowest BCUT2D eigenvalue weighted by Crippen LogP contribution is -2.50. The fraction of sp³-hybridized carbons (Fsp3) is 0.310. The number of ether oxygens (including phenoxy) is 3. The van der Waals surface area contributed by atoms with Gasteiger partial charge in [-0.1, -0.05) is 42.5 Å². The van der Waals surface area contributed by atoms with Gasteiger partial charge in [0.25, 0.3) is 0 Å². The summed E-state index contributed by atoms with van der Waals surface area (Å²) in [6.07, 6.45) is 0.460. The molecule has 0 aliphatic carbocycles. The average Bonchev–Trinajstić information content (AvgIpc) is 2.94. The van der Waals surface area contributed by atoms with Crippen LogP contribution >= 0.6 is 0 Å². The Morgan fingerprint density at radius 3 is 1.58 bits per heavy atom. The van der Waals surface area contributed by atoms with E-state index in [1.54, 1.807) is 21.3 Å². The van der Waals surface area contributed by atoms with Crippen LogP contribution in [0.25, 0.3) is 0 Å². The van der Waals surface area contributed by atoms with Crippen molar-refractivity contribution < 1.29 is 14.2 Å². The van der Waals surface area contributed by atoms with Crippen molar-refractivity contribution in [3.63, 3.8) is 0 Å². The fourth-order valence-electron chi connectivity index (χ4n) is 4.90. The molecular formula is C29H30N4O3. The van der Waals surface area contributed by atoms with Crippen molar-refractivity contribution in [2.45, 2.75) is 24.7 Å². The molecule has 4 rings (SSSR count). The molecule has 1 unspecified atom stereocenters. The third-order valence-corrected chi connectivity index (χ3v) is 6.65. The molecule has 184 valence electrons. The summed E-state index contributed by atoms with van der Waals surface area (Å²) >= 11 is 0. The topological polar surface area (TPSA) is 81.8 Å². The van der Waals surface area contributed by atoms with E-state index in [0.29, 0.717) is 13.1 Å². The Kier molecular flexibility index (Phi) is 8.07. The van der Waals surface area contributed by atoms with Gasteiger partial charge in [0.2, 0.25) is 0 Å². The van der Waals surface area contributed by atoms with Crippen LogP contribution < -0.4 is 14.2 Å². The lowest BCUT2D eigenvalue weighted by molar-refractivity contribution is -0.0298. The summed E-state index contributed by atoms with van der Waals surface area (Å²) in [5, 5.41) is 20.7. The molecule has 0 amide bonds. The SMILES string of the molecule is COc1ccc([C@@H](C#N)N2CCCN([C@@H](C#N)c3ccc(OC)cc3)C2c2ccccc2OC)cc1. The van der Waals surface area contributed by atoms with Gasteiger partial charge in [0.05, 0.1) is 39.6 Å². The van der Waals surface area contributed by atoms with Crippen LogP contribution in [-0.4, -0.2) is 44.2 Å². The van der Waals surface area contributed by atoms with Gasteiger partial charge in [0.15, 0.2) is 0 Å². The van der Waals surface area contributed by atoms with Crippen LogP contribution in [0.5, 0.6) is 17.2 Å². The average molecular weight is 483 g/mol. The van der Waals surface area contributed by atoms with E-state index in [1.165, 1.54) is 0 Å². The van der Waals surface area contributed by atoms with Crippen molar-refractivity contribution in [1.82, 2.24) is 9.80 Å². The maximum atomic E-state index is 10.4. The first kappa shape index (κ1) is 25.1. The van der Waals surface area contributed by atoms with Crippen molar-refractivity contribution in [2.75, 3.05) is 34.4 Å². The summed E-state index contributed by atoms with van der Waals surface area (Å²) in [5.41, 5.74) is 2.67. The standard InChI is InChI=1S/C29H30N4O3/c1-34-23-13-9-21(10-14-23)26(19-30)32-17-6-18-33(29(32)25-7-4-5-8-28(25)36-3)27(20-31)22-11-15-24(35-2)16-12-22/h4-5,7-16,26-27,29H,6,17-18H2,1-3H3/t26-,27+,29?. The minimum Gasteiger partial charge on any atom is -0.497 e. The third kappa shape index (κ3) is 4.99. The Morgan fingerprint density at radius 1 is 0.694 bits per heavy atom. The van der Waals surface area contributed by atoms with Crippen molar-refractivity contribution in [2.24, 2.45) is 0 Å². The van der Waals surface area contributed by atoms with Gasteiger partial charge in [-0.3, -0.25) is 9.80 Å². The molecule has 36 heavy (non-hydrogen) atoms. The normalized spacial score (nSPS) is 17.9. The minimum absolute atomic E-state index is 0.353. The van der Waals surface area contributed by atoms with Gasteiger partial charge in [0, 0.05) is 18.7 Å². The van der Waals surface area contributed by atoms with Gasteiger partial charge in [0.1, 0.15) is 29.3 Å². The predicted molar refractivity (Wildman–Crippen MR) is 136 cm³/mol. The molecule has 0 N–H and O–H groups in total. The summed E-state index contributed by atoms with van der Waals surface area (Å²) in [4.78, 5) is 4.33. The fourth-order valence-corrected chi connectivity index (χ4v) is 4.90. The van der Waals surface area contributed by atoms with Gasteiger partial charge in [-0.15, -0.1) is 0 Å². The first-order valence-electron chi connectivity index (χ1n) is 11.9. The van der Waals surface area contributed by atoms with Crippen molar-refractivity contribution in [3.05, 3.63) is 89.5 Å². The second-order valence-electron chi connectivity index (χ2n) is 8.55. The highest BCUT2D eigenvalue weighted by molar-refractivity contribution is 5.39. The highest BCUT2D eigenvalue weighted by atomic mass is 16.5. The van der Waals surface area contributed by atoms with Crippen molar-refractivity contribution in [1.29, 1.82) is 10.5 Å². The van der Waals surface area contributed by atoms with E-state index in [4.69, 9.17) is 14.2 Å². The summed E-state index contributed by atoms with van der Waals surface area (Å²) < 4.78 is 16.4. The third-order valence-electron chi connectivity index (χ3n) is 6.65. The summed E-state index contributed by atoms with van der Waals surface area (Å²) in [5.74, 6) is 2.19. The van der Waals surface area contributed by atoms with E-state index < -0.39 is 12.1 Å². The Bertz CT molecular complexity index is 1160. The second-order valence-corrected chi connectivity index (χ2v) is 8.55. The second kappa shape index (κ2) is 11.6. The van der Waals surface area contributed by atoms with Crippen molar-refractivity contribution >= 4 is 0 Å². The molecule has 1 aliphatic heterocycles. The highest BCUT2D eigenvalue weighted by Crippen LogP contribution is 2.43. The molecule has 3 aromatic carbocycles. The van der Waals surface area contributed by atoms with E-state index in [9.17, 15) is 10.5 Å². The van der Waals surface area contributed by atoms with Crippen molar-refractivity contribution in [3.8, 4) is 29.4 Å². The molecule has 1 heterocycles. The van der Waals surface area contributed by atoms with Crippen LogP contribution in [0.1, 0.15) is 41.4 Å². The van der Waals surface area contributed by atoms with Crippen LogP contribution in [0.15, 0.2) is 72.8 Å². The quantitative estimate of drug-likeness (QED) is 0.434. The first-order valence-corrected chi connectivity index (χ1v) is 11.9. The lowest BCUT2D eigenvalue weighted by atomic mass is 9.96. The molecule has 7 nitrogen and oxygen atoms in total. The van der Waals surface area contributed by atoms with E-state index in [1.807, 2.05) is 72.8 Å². The number of para-hydroxylation sites is 1. The van der Waals surface area contributed by atoms with Crippen LogP contribution in [0.2, 0.25) is 0 Å². The molecule has 1 saturated heterocycles. The minimum atomic E-state index is -0.524. The first-order chi connectivity index (χ1) is 17.6. The smallest absolute Gasteiger partial charge is 0.125 e. The van der Waals surface area contributed by atoms with Crippen LogP contribution in [0.4, 0.5) is 0 Å². The largest absolute Gasteiger partial charge is 0.497 e. The molecule has 1 aliphatic rings. The number of benzene rings is 3. The molecule has 0 bridgehead atoms. The van der Waals surface area contributed by atoms with Gasteiger partial charge >= 0.3 is 0 Å². The zero-order valence-electron chi connectivity index (χ0n) is 20.8. The van der Waals surface area contributed by atoms with E-state index in [-0.39, 0.29) is 6.17 Å². The van der Waals surface area contributed by atoms with Crippen LogP contribution in [0, 0.1) is 22.7 Å². The number of rotatable bonds is 8. The van der Waals surface area contributed by atoms with E-state index in [2.05, 4.69) is 21.9 Å². The van der Waals surface area contributed by atoms with Crippen LogP contribution in [0.3, 0.4) is 0 Å². The van der Waals surface area contributed by atoms with E-state index in [0.717, 1.165) is 40.4 Å². The number of nitrogens with zero attached hydrogens (tertiary/aromatic N) is 4. The molecule has 0 spiro atoms. The number of hydrogen-bond donors (Lipinski definition) is 0. The molecule has 0 radical (unpaired) electrons. The Labute approximate surface area is 212 Å². The molecule has 1 fully saturated rings. The summed E-state index contributed by atoms with van der Waals surface area (Å²) in [6, 6.07) is 27.0. The maximum absolute atomic E-state index is 10.4. The lowest BCUT2D eigenvalue weighted by Gasteiger charge is -2.47. The number of nitriles is 2. The zero-order valence-corrected chi connectivity index (χ0v) is 20.8. The zero-order chi connectivity index (χ0) is 25.5. The molecule has 3 aromatic rings. The maximum Gasteiger partial charge on any atom is 0.125 e. The monoisotopic (exact) mass is 482 g/mol. The number of hydrogen-bond acceptors (Lipinski definition) is 7. The molecular weight excluding hydrogens is 452 g/mol. The molecule has 3 atom stereocenters. The number of methoxy groups -OCH3 is 3. The Hall–Kier alpha value is -4.04. The van der Waals surface area contributed by atoms with Gasteiger partial charge < -0.3 is 14.2 Å². The van der Waals surface area contributed by atoms with E-state index >= 15 is 0 Å². The van der Waals surface area contributed by atoms with Gasteiger partial charge in [-0.05, 0) is 47.9 Å². The summed E-state index contributed by atoms with van der Waals surface area (Å²) in [7, 11) is 4.89. The molecule has 0 saturated carbocycles. The predicted octanol–water partition coefficient (Wildman–Crippen LogP) is 5.25. The summed E-state index contributed by atoms with van der Waals surface area (Å²) in [6.45, 7) is 1.40. The molecule has 7 heteroatoms. The Morgan fingerprint density at radius 2 is 1.17 bits per heavy atom. The van der Waals surface area contributed by atoms with Gasteiger partial charge in [-0.2, -0.15) is 10.5 Å². The van der Waals surface area contributed by atoms with Gasteiger partial charge in [-0.25, -0.2) is 0 Å². The molecule has 0 aromatic heterocycles. The Balaban J connectivity index is 1.81. The van der Waals surface area contributed by atoms with Crippen LogP contribution in [-0.2, 0) is 0 Å². The highest BCUT2D eigenvalue weighted by Gasteiger charge is 2.40.